The van der Waals surface area contributed by atoms with Gasteiger partial charge in [-0.25, -0.2) is 0 Å². The summed E-state index contributed by atoms with van der Waals surface area (Å²) in [7, 11) is 0. The van der Waals surface area contributed by atoms with Crippen LogP contribution >= 0.6 is 23.2 Å². The van der Waals surface area contributed by atoms with E-state index in [1.165, 1.54) is 0 Å². The third kappa shape index (κ3) is 4.55. The largest absolute Gasteiger partial charge is 0.494 e. The topological polar surface area (TPSA) is 21.3 Å². The summed E-state index contributed by atoms with van der Waals surface area (Å²) in [6, 6.07) is 13.5. The van der Waals surface area contributed by atoms with Crippen LogP contribution in [0.4, 0.5) is 5.69 Å². The normalized spacial score (nSPS) is 12.0. The highest BCUT2D eigenvalue weighted by Gasteiger charge is 2.10. The molecule has 4 heteroatoms. The molecule has 0 aromatic heterocycles. The predicted octanol–water partition coefficient (Wildman–Crippen LogP) is 5.96. The van der Waals surface area contributed by atoms with E-state index >= 15 is 0 Å². The number of rotatable bonds is 6. The van der Waals surface area contributed by atoms with Gasteiger partial charge in [0.05, 0.1) is 12.6 Å². The molecule has 2 aromatic carbocycles. The first-order chi connectivity index (χ1) is 10.1. The van der Waals surface area contributed by atoms with E-state index in [1.807, 2.05) is 36.4 Å². The van der Waals surface area contributed by atoms with Crippen LogP contribution in [0.2, 0.25) is 10.0 Å². The van der Waals surface area contributed by atoms with Crippen LogP contribution in [0.15, 0.2) is 42.5 Å². The Bertz CT molecular complexity index is 584. The van der Waals surface area contributed by atoms with Crippen molar-refractivity contribution in [2.75, 3.05) is 11.9 Å². The molecule has 1 unspecified atom stereocenters. The molecule has 0 heterocycles. The molecular weight excluding hydrogens is 305 g/mol. The van der Waals surface area contributed by atoms with Crippen molar-refractivity contribution < 1.29 is 4.74 Å². The van der Waals surface area contributed by atoms with E-state index in [4.69, 9.17) is 27.9 Å². The summed E-state index contributed by atoms with van der Waals surface area (Å²) in [5.41, 5.74) is 2.00. The molecule has 0 radical (unpaired) electrons. The molecule has 0 aliphatic rings. The van der Waals surface area contributed by atoms with Gasteiger partial charge in [0.2, 0.25) is 0 Å². The standard InChI is InChI=1S/C17H19Cl2NO/c1-3-10-21-15-7-5-14(6-8-15)20-12(2)16-11-13(18)4-9-17(16)19/h4-9,11-12,20H,3,10H2,1-2H3. The summed E-state index contributed by atoms with van der Waals surface area (Å²) >= 11 is 12.3. The number of halogens is 2. The lowest BCUT2D eigenvalue weighted by Gasteiger charge is -2.17. The monoisotopic (exact) mass is 323 g/mol. The molecule has 0 saturated carbocycles. The van der Waals surface area contributed by atoms with E-state index in [0.29, 0.717) is 10.0 Å². The van der Waals surface area contributed by atoms with Crippen LogP contribution < -0.4 is 10.1 Å². The fourth-order valence-electron chi connectivity index (χ4n) is 2.04. The molecule has 2 rings (SSSR count). The zero-order chi connectivity index (χ0) is 15.2. The third-order valence-corrected chi connectivity index (χ3v) is 3.71. The smallest absolute Gasteiger partial charge is 0.119 e. The first kappa shape index (κ1) is 16.0. The van der Waals surface area contributed by atoms with Crippen molar-refractivity contribution >= 4 is 28.9 Å². The van der Waals surface area contributed by atoms with E-state index in [2.05, 4.69) is 19.2 Å². The summed E-state index contributed by atoms with van der Waals surface area (Å²) in [5.74, 6) is 0.885. The fourth-order valence-corrected chi connectivity index (χ4v) is 2.50. The van der Waals surface area contributed by atoms with Gasteiger partial charge in [-0.15, -0.1) is 0 Å². The highest BCUT2D eigenvalue weighted by Crippen LogP contribution is 2.29. The minimum Gasteiger partial charge on any atom is -0.494 e. The van der Waals surface area contributed by atoms with E-state index < -0.39 is 0 Å². The Hall–Kier alpha value is -1.38. The van der Waals surface area contributed by atoms with Crippen molar-refractivity contribution in [2.24, 2.45) is 0 Å². The van der Waals surface area contributed by atoms with Gasteiger partial charge >= 0.3 is 0 Å². The maximum absolute atomic E-state index is 6.22. The van der Waals surface area contributed by atoms with Crippen molar-refractivity contribution in [2.45, 2.75) is 26.3 Å². The van der Waals surface area contributed by atoms with Crippen molar-refractivity contribution in [1.82, 2.24) is 0 Å². The van der Waals surface area contributed by atoms with E-state index in [-0.39, 0.29) is 6.04 Å². The van der Waals surface area contributed by atoms with E-state index in [9.17, 15) is 0 Å². The molecule has 2 aromatic rings. The molecule has 0 aliphatic heterocycles. The minimum atomic E-state index is 0.0682. The highest BCUT2D eigenvalue weighted by atomic mass is 35.5. The summed E-state index contributed by atoms with van der Waals surface area (Å²) in [6.45, 7) is 4.88. The van der Waals surface area contributed by atoms with Gasteiger partial charge in [0, 0.05) is 15.7 Å². The lowest BCUT2D eigenvalue weighted by molar-refractivity contribution is 0.317. The molecule has 0 fully saturated rings. The Morgan fingerprint density at radius 1 is 1.10 bits per heavy atom. The second kappa shape index (κ2) is 7.58. The Labute approximate surface area is 136 Å². The summed E-state index contributed by atoms with van der Waals surface area (Å²) in [6.07, 6.45) is 1.00. The Morgan fingerprint density at radius 2 is 1.81 bits per heavy atom. The van der Waals surface area contributed by atoms with Crippen LogP contribution in [0.25, 0.3) is 0 Å². The lowest BCUT2D eigenvalue weighted by Crippen LogP contribution is -2.07. The number of benzene rings is 2. The van der Waals surface area contributed by atoms with E-state index in [1.54, 1.807) is 6.07 Å². The molecule has 21 heavy (non-hydrogen) atoms. The third-order valence-electron chi connectivity index (χ3n) is 3.13. The van der Waals surface area contributed by atoms with Gasteiger partial charge in [0.25, 0.3) is 0 Å². The Balaban J connectivity index is 2.05. The molecule has 0 amide bonds. The molecule has 1 N–H and O–H groups in total. The quantitative estimate of drug-likeness (QED) is 0.708. The van der Waals surface area contributed by atoms with Gasteiger partial charge in [-0.05, 0) is 61.4 Å². The number of hydrogen-bond donors (Lipinski definition) is 1. The molecule has 0 bridgehead atoms. The zero-order valence-electron chi connectivity index (χ0n) is 12.2. The van der Waals surface area contributed by atoms with Crippen molar-refractivity contribution in [3.8, 4) is 5.75 Å². The highest BCUT2D eigenvalue weighted by molar-refractivity contribution is 6.33. The van der Waals surface area contributed by atoms with Crippen molar-refractivity contribution in [3.63, 3.8) is 0 Å². The second-order valence-electron chi connectivity index (χ2n) is 4.90. The predicted molar refractivity (Wildman–Crippen MR) is 90.7 cm³/mol. The summed E-state index contributed by atoms with van der Waals surface area (Å²) in [5, 5.41) is 4.81. The molecule has 0 aliphatic carbocycles. The number of ether oxygens (including phenoxy) is 1. The van der Waals surface area contributed by atoms with Crippen LogP contribution in [0.5, 0.6) is 5.75 Å². The van der Waals surface area contributed by atoms with Gasteiger partial charge in [-0.2, -0.15) is 0 Å². The van der Waals surface area contributed by atoms with Crippen molar-refractivity contribution in [3.05, 3.63) is 58.1 Å². The van der Waals surface area contributed by atoms with Crippen LogP contribution in [0.1, 0.15) is 31.9 Å². The first-order valence-electron chi connectivity index (χ1n) is 7.04. The molecule has 112 valence electrons. The van der Waals surface area contributed by atoms with Gasteiger partial charge in [-0.3, -0.25) is 0 Å². The molecule has 2 nitrogen and oxygen atoms in total. The average molecular weight is 324 g/mol. The van der Waals surface area contributed by atoms with Crippen LogP contribution in [0, 0.1) is 0 Å². The molecule has 0 spiro atoms. The molecular formula is C17H19Cl2NO. The second-order valence-corrected chi connectivity index (χ2v) is 5.75. The van der Waals surface area contributed by atoms with Gasteiger partial charge in [0.15, 0.2) is 0 Å². The Morgan fingerprint density at radius 3 is 2.48 bits per heavy atom. The van der Waals surface area contributed by atoms with Gasteiger partial charge in [-0.1, -0.05) is 30.1 Å². The average Bonchev–Trinajstić information content (AvgIpc) is 2.49. The maximum Gasteiger partial charge on any atom is 0.119 e. The maximum atomic E-state index is 6.22. The van der Waals surface area contributed by atoms with Crippen LogP contribution in [-0.2, 0) is 0 Å². The minimum absolute atomic E-state index is 0.0682. The lowest BCUT2D eigenvalue weighted by atomic mass is 10.1. The van der Waals surface area contributed by atoms with Gasteiger partial charge in [0.1, 0.15) is 5.75 Å². The van der Waals surface area contributed by atoms with Crippen molar-refractivity contribution in [1.29, 1.82) is 0 Å². The first-order valence-corrected chi connectivity index (χ1v) is 7.80. The molecule has 1 atom stereocenters. The molecule has 0 saturated heterocycles. The fraction of sp³-hybridized carbons (Fsp3) is 0.294. The number of hydrogen-bond acceptors (Lipinski definition) is 2. The summed E-state index contributed by atoms with van der Waals surface area (Å²) in [4.78, 5) is 0. The number of nitrogens with one attached hydrogen (secondary N) is 1. The summed E-state index contributed by atoms with van der Waals surface area (Å²) < 4.78 is 5.57. The SMILES string of the molecule is CCCOc1ccc(NC(C)c2cc(Cl)ccc2Cl)cc1. The van der Waals surface area contributed by atoms with Crippen LogP contribution in [0.3, 0.4) is 0 Å². The Kier molecular flexibility index (Phi) is 5.77. The van der Waals surface area contributed by atoms with Crippen LogP contribution in [-0.4, -0.2) is 6.61 Å². The zero-order valence-corrected chi connectivity index (χ0v) is 13.7. The number of anilines is 1. The van der Waals surface area contributed by atoms with Gasteiger partial charge < -0.3 is 10.1 Å². The van der Waals surface area contributed by atoms with E-state index in [0.717, 1.165) is 30.0 Å².